The third-order valence-corrected chi connectivity index (χ3v) is 7.56. The third kappa shape index (κ3) is 5.88. The quantitative estimate of drug-likeness (QED) is 0.338. The monoisotopic (exact) mass is 509 g/mol. The number of hydrogen-bond donors (Lipinski definition) is 3. The third-order valence-electron chi connectivity index (χ3n) is 6.58. The lowest BCUT2D eigenvalue weighted by atomic mass is 9.94. The number of aromatic nitrogens is 1. The molecular formula is C28H35N3O4S. The van der Waals surface area contributed by atoms with Gasteiger partial charge in [-0.2, -0.15) is 0 Å². The van der Waals surface area contributed by atoms with Crippen molar-refractivity contribution >= 4 is 22.4 Å². The summed E-state index contributed by atoms with van der Waals surface area (Å²) in [6.07, 6.45) is 11.8. The Bertz CT molecular complexity index is 1150. The molecule has 1 fully saturated rings. The zero-order chi connectivity index (χ0) is 25.7. The van der Waals surface area contributed by atoms with Gasteiger partial charge in [0, 0.05) is 17.1 Å². The lowest BCUT2D eigenvalue weighted by Gasteiger charge is -2.25. The van der Waals surface area contributed by atoms with Gasteiger partial charge in [0.15, 0.2) is 16.6 Å². The second-order valence-corrected chi connectivity index (χ2v) is 10.9. The highest BCUT2D eigenvalue weighted by atomic mass is 32.1. The number of anilines is 1. The Morgan fingerprint density at radius 3 is 2.75 bits per heavy atom. The number of carbonyl (C=O) groups excluding carboxylic acids is 1. The van der Waals surface area contributed by atoms with Crippen molar-refractivity contribution in [1.29, 1.82) is 0 Å². The molecule has 2 aliphatic rings. The summed E-state index contributed by atoms with van der Waals surface area (Å²) in [5.41, 5.74) is 1.46. The number of allylic oxidation sites excluding steroid dienone is 4. The molecule has 7 nitrogen and oxygen atoms in total. The van der Waals surface area contributed by atoms with Crippen molar-refractivity contribution < 1.29 is 19.4 Å². The molecule has 2 heterocycles. The highest BCUT2D eigenvalue weighted by molar-refractivity contribution is 7.15. The van der Waals surface area contributed by atoms with Crippen LogP contribution in [0.1, 0.15) is 56.5 Å². The second-order valence-electron chi connectivity index (χ2n) is 9.81. The van der Waals surface area contributed by atoms with Gasteiger partial charge in [0.25, 0.3) is 0 Å². The number of aliphatic hydroxyl groups is 1. The molecule has 0 saturated heterocycles. The fourth-order valence-corrected chi connectivity index (χ4v) is 5.43. The van der Waals surface area contributed by atoms with E-state index in [4.69, 9.17) is 9.47 Å². The highest BCUT2D eigenvalue weighted by Gasteiger charge is 2.52. The van der Waals surface area contributed by atoms with Crippen molar-refractivity contribution in [3.8, 4) is 11.5 Å². The van der Waals surface area contributed by atoms with Crippen molar-refractivity contribution in [2.24, 2.45) is 5.92 Å². The van der Waals surface area contributed by atoms with Crippen LogP contribution in [0.2, 0.25) is 0 Å². The number of carbonyl (C=O) groups is 1. The van der Waals surface area contributed by atoms with Crippen LogP contribution in [0, 0.1) is 5.92 Å². The Morgan fingerprint density at radius 1 is 1.28 bits per heavy atom. The van der Waals surface area contributed by atoms with Crippen LogP contribution >= 0.6 is 11.3 Å². The Balaban J connectivity index is 1.51. The van der Waals surface area contributed by atoms with Gasteiger partial charge < -0.3 is 25.2 Å². The number of benzene rings is 1. The van der Waals surface area contributed by atoms with Crippen molar-refractivity contribution in [3.63, 3.8) is 0 Å². The Kier molecular flexibility index (Phi) is 8.28. The molecular weight excluding hydrogens is 474 g/mol. The van der Waals surface area contributed by atoms with E-state index in [2.05, 4.69) is 36.0 Å². The first kappa shape index (κ1) is 26.1. The SMILES string of the molecule is C=C/C=C\C=C(\C)C(N[C@@H](CO)CC(C)C)c1cnc(NC(=O)C2(c3ccc4c(c3)OCO4)CC2)s1. The molecule has 192 valence electrons. The summed E-state index contributed by atoms with van der Waals surface area (Å²) in [6, 6.07) is 5.54. The van der Waals surface area contributed by atoms with Crippen molar-refractivity contribution in [2.75, 3.05) is 18.7 Å². The van der Waals surface area contributed by atoms with E-state index in [9.17, 15) is 9.90 Å². The maximum Gasteiger partial charge on any atom is 0.236 e. The number of hydrogen-bond acceptors (Lipinski definition) is 7. The number of nitrogens with zero attached hydrogens (tertiary/aromatic N) is 1. The summed E-state index contributed by atoms with van der Waals surface area (Å²) in [5.74, 6) is 1.79. The average molecular weight is 510 g/mol. The first-order valence-electron chi connectivity index (χ1n) is 12.4. The molecule has 36 heavy (non-hydrogen) atoms. The van der Waals surface area contributed by atoms with Crippen LogP contribution in [-0.2, 0) is 10.2 Å². The normalized spacial score (nSPS) is 17.9. The first-order valence-corrected chi connectivity index (χ1v) is 13.2. The van der Waals surface area contributed by atoms with Crippen molar-refractivity contribution in [2.45, 2.75) is 57.5 Å². The topological polar surface area (TPSA) is 92.7 Å². The minimum absolute atomic E-state index is 0.0465. The summed E-state index contributed by atoms with van der Waals surface area (Å²) < 4.78 is 10.9. The molecule has 3 N–H and O–H groups in total. The van der Waals surface area contributed by atoms with Gasteiger partial charge in [-0.05, 0) is 49.8 Å². The number of nitrogens with one attached hydrogen (secondary N) is 2. The molecule has 0 radical (unpaired) electrons. The standard InChI is InChI=1S/C28H35N3O4S/c1-5-6-7-8-19(4)25(30-21(16-32)13-18(2)3)24-15-29-27(36-24)31-26(33)28(11-12-28)20-9-10-22-23(14-20)35-17-34-22/h5-10,14-15,18,21,25,30,32H,1,11-13,16-17H2,2-4H3,(H,29,31,33)/b7-6-,19-8-/t21-,25?/m1/s1. The second kappa shape index (κ2) is 11.4. The summed E-state index contributed by atoms with van der Waals surface area (Å²) in [4.78, 5) is 18.8. The lowest BCUT2D eigenvalue weighted by molar-refractivity contribution is -0.118. The minimum atomic E-state index is -0.561. The molecule has 4 rings (SSSR count). The fourth-order valence-electron chi connectivity index (χ4n) is 4.48. The van der Waals surface area contributed by atoms with Gasteiger partial charge in [-0.1, -0.05) is 67.7 Å². The molecule has 8 heteroatoms. The zero-order valence-corrected chi connectivity index (χ0v) is 21.9. The van der Waals surface area contributed by atoms with Gasteiger partial charge in [-0.25, -0.2) is 4.98 Å². The lowest BCUT2D eigenvalue weighted by Crippen LogP contribution is -2.37. The maximum atomic E-state index is 13.3. The van der Waals surface area contributed by atoms with Gasteiger partial charge in [-0.15, -0.1) is 0 Å². The van der Waals surface area contributed by atoms with Crippen LogP contribution in [0.4, 0.5) is 5.13 Å². The zero-order valence-electron chi connectivity index (χ0n) is 21.1. The van der Waals surface area contributed by atoms with Crippen LogP contribution in [0.25, 0.3) is 0 Å². The summed E-state index contributed by atoms with van der Waals surface area (Å²) in [5, 5.41) is 17.2. The van der Waals surface area contributed by atoms with Gasteiger partial charge in [0.05, 0.1) is 18.1 Å². The Labute approximate surface area is 216 Å². The minimum Gasteiger partial charge on any atom is -0.454 e. The number of ether oxygens (including phenoxy) is 2. The molecule has 1 aromatic heterocycles. The molecule has 1 amide bonds. The molecule has 1 unspecified atom stereocenters. The van der Waals surface area contributed by atoms with Crippen LogP contribution in [0.5, 0.6) is 11.5 Å². The van der Waals surface area contributed by atoms with E-state index in [1.54, 1.807) is 12.3 Å². The molecule has 1 aliphatic heterocycles. The molecule has 2 atom stereocenters. The number of thiazole rings is 1. The van der Waals surface area contributed by atoms with Gasteiger partial charge in [0.1, 0.15) is 0 Å². The van der Waals surface area contributed by atoms with E-state index in [1.807, 2.05) is 43.4 Å². The molecule has 1 aromatic carbocycles. The average Bonchev–Trinajstić information content (AvgIpc) is 3.32. The summed E-state index contributed by atoms with van der Waals surface area (Å²) >= 11 is 1.45. The molecule has 0 spiro atoms. The Hall–Kier alpha value is -2.94. The largest absolute Gasteiger partial charge is 0.454 e. The predicted molar refractivity (Wildman–Crippen MR) is 144 cm³/mol. The first-order chi connectivity index (χ1) is 17.4. The number of aliphatic hydroxyl groups excluding tert-OH is 1. The van der Waals surface area contributed by atoms with E-state index in [1.165, 1.54) is 11.3 Å². The van der Waals surface area contributed by atoms with Gasteiger partial charge in [-0.3, -0.25) is 4.79 Å². The van der Waals surface area contributed by atoms with Crippen LogP contribution in [0.3, 0.4) is 0 Å². The van der Waals surface area contributed by atoms with E-state index in [-0.39, 0.29) is 31.4 Å². The van der Waals surface area contributed by atoms with Gasteiger partial charge in [0.2, 0.25) is 12.7 Å². The number of amides is 1. The number of fused-ring (bicyclic) bond motifs is 1. The summed E-state index contributed by atoms with van der Waals surface area (Å²) in [6.45, 7) is 10.3. The van der Waals surface area contributed by atoms with Crippen LogP contribution in [-0.4, -0.2) is 35.4 Å². The number of rotatable bonds is 12. The van der Waals surface area contributed by atoms with E-state index in [0.29, 0.717) is 22.5 Å². The van der Waals surface area contributed by atoms with E-state index >= 15 is 0 Å². The molecule has 1 saturated carbocycles. The van der Waals surface area contributed by atoms with E-state index in [0.717, 1.165) is 35.3 Å². The smallest absolute Gasteiger partial charge is 0.236 e. The van der Waals surface area contributed by atoms with Crippen LogP contribution < -0.4 is 20.1 Å². The van der Waals surface area contributed by atoms with E-state index < -0.39 is 5.41 Å². The van der Waals surface area contributed by atoms with Crippen LogP contribution in [0.15, 0.2) is 60.9 Å². The van der Waals surface area contributed by atoms with Gasteiger partial charge >= 0.3 is 0 Å². The molecule has 1 aliphatic carbocycles. The van der Waals surface area contributed by atoms with Crippen molar-refractivity contribution in [1.82, 2.24) is 10.3 Å². The Morgan fingerprint density at radius 2 is 2.06 bits per heavy atom. The predicted octanol–water partition coefficient (Wildman–Crippen LogP) is 5.27. The summed E-state index contributed by atoms with van der Waals surface area (Å²) in [7, 11) is 0. The maximum absolute atomic E-state index is 13.3. The van der Waals surface area contributed by atoms with Crippen molar-refractivity contribution in [3.05, 3.63) is 71.3 Å². The highest BCUT2D eigenvalue weighted by Crippen LogP contribution is 2.51. The fraction of sp³-hybridized carbons (Fsp3) is 0.429. The molecule has 2 aromatic rings. The molecule has 0 bridgehead atoms.